The molecule has 0 aliphatic carbocycles. The topological polar surface area (TPSA) is 69.6 Å². The molecule has 1 amide bonds. The fourth-order valence-corrected chi connectivity index (χ4v) is 8.72. The maximum absolute atomic E-state index is 12.5. The highest BCUT2D eigenvalue weighted by Gasteiger charge is 2.18. The van der Waals surface area contributed by atoms with Gasteiger partial charge >= 0.3 is 0 Å². The van der Waals surface area contributed by atoms with E-state index in [0.29, 0.717) is 6.42 Å². The summed E-state index contributed by atoms with van der Waals surface area (Å²) in [6.45, 7) is 4.32. The molecule has 0 saturated carbocycles. The minimum atomic E-state index is -0.845. The van der Waals surface area contributed by atoms with Crippen LogP contribution in [0.15, 0.2) is 48.6 Å². The first-order valence-corrected chi connectivity index (χ1v) is 28.4. The molecule has 3 N–H and O–H groups in total. The third-order valence-corrected chi connectivity index (χ3v) is 13.1. The molecule has 63 heavy (non-hydrogen) atoms. The van der Waals surface area contributed by atoms with Crippen LogP contribution in [0.2, 0.25) is 0 Å². The van der Waals surface area contributed by atoms with Crippen molar-refractivity contribution in [3.63, 3.8) is 0 Å². The summed E-state index contributed by atoms with van der Waals surface area (Å²) in [5.41, 5.74) is 0. The number of hydrogen-bond acceptors (Lipinski definition) is 3. The highest BCUT2D eigenvalue weighted by Crippen LogP contribution is 2.17. The highest BCUT2D eigenvalue weighted by atomic mass is 16.3. The molecule has 0 aliphatic rings. The Morgan fingerprint density at radius 2 is 0.651 bits per heavy atom. The van der Waals surface area contributed by atoms with E-state index < -0.39 is 12.1 Å². The van der Waals surface area contributed by atoms with Crippen LogP contribution in [-0.2, 0) is 4.79 Å². The van der Waals surface area contributed by atoms with Crippen molar-refractivity contribution < 1.29 is 15.0 Å². The van der Waals surface area contributed by atoms with E-state index in [9.17, 15) is 15.0 Å². The van der Waals surface area contributed by atoms with Crippen LogP contribution in [0.5, 0.6) is 0 Å². The zero-order valence-electron chi connectivity index (χ0n) is 42.6. The van der Waals surface area contributed by atoms with Gasteiger partial charge in [-0.15, -0.1) is 0 Å². The Kier molecular flexibility index (Phi) is 53.3. The molecule has 0 radical (unpaired) electrons. The van der Waals surface area contributed by atoms with E-state index in [1.54, 1.807) is 6.08 Å². The summed E-state index contributed by atoms with van der Waals surface area (Å²) < 4.78 is 0. The third-order valence-electron chi connectivity index (χ3n) is 13.1. The lowest BCUT2D eigenvalue weighted by atomic mass is 10.0. The number of rotatable bonds is 52. The molecule has 2 unspecified atom stereocenters. The van der Waals surface area contributed by atoms with E-state index in [2.05, 4.69) is 55.6 Å². The quantitative estimate of drug-likeness (QED) is 0.0421. The van der Waals surface area contributed by atoms with Crippen LogP contribution in [-0.4, -0.2) is 34.9 Å². The number of hydrogen-bond donors (Lipinski definition) is 3. The summed E-state index contributed by atoms with van der Waals surface area (Å²) in [5, 5.41) is 23.2. The molecule has 2 atom stereocenters. The van der Waals surface area contributed by atoms with Crippen molar-refractivity contribution in [2.45, 2.75) is 315 Å². The molecule has 4 nitrogen and oxygen atoms in total. The van der Waals surface area contributed by atoms with Gasteiger partial charge in [0.2, 0.25) is 5.91 Å². The van der Waals surface area contributed by atoms with E-state index in [0.717, 1.165) is 38.5 Å². The third kappa shape index (κ3) is 51.2. The second-order valence-corrected chi connectivity index (χ2v) is 19.4. The Bertz CT molecular complexity index is 1000. The predicted molar refractivity (Wildman–Crippen MR) is 281 cm³/mol. The molecule has 370 valence electrons. The summed E-state index contributed by atoms with van der Waals surface area (Å²) in [6.07, 6.45) is 75.6. The Balaban J connectivity index is 3.51. The Morgan fingerprint density at radius 3 is 0.968 bits per heavy atom. The van der Waals surface area contributed by atoms with Gasteiger partial charge < -0.3 is 15.5 Å². The second kappa shape index (κ2) is 54.7. The van der Waals surface area contributed by atoms with Crippen molar-refractivity contribution in [3.8, 4) is 0 Å². The summed E-state index contributed by atoms with van der Waals surface area (Å²) in [4.78, 5) is 12.5. The molecule has 0 spiro atoms. The molecule has 0 saturated heterocycles. The summed E-state index contributed by atoms with van der Waals surface area (Å²) in [6, 6.07) is -0.629. The largest absolute Gasteiger partial charge is 0.394 e. The lowest BCUT2D eigenvalue weighted by molar-refractivity contribution is -0.123. The van der Waals surface area contributed by atoms with Crippen LogP contribution in [0.4, 0.5) is 0 Å². The van der Waals surface area contributed by atoms with E-state index >= 15 is 0 Å². The molecule has 0 aromatic heterocycles. The first kappa shape index (κ1) is 61.4. The first-order chi connectivity index (χ1) is 31.2. The zero-order chi connectivity index (χ0) is 45.6. The van der Waals surface area contributed by atoms with E-state index in [1.807, 2.05) is 6.08 Å². The average Bonchev–Trinajstić information content (AvgIpc) is 3.29. The monoisotopic (exact) mass is 882 g/mol. The summed E-state index contributed by atoms with van der Waals surface area (Å²) in [5.74, 6) is -0.0687. The van der Waals surface area contributed by atoms with Gasteiger partial charge in [0.25, 0.3) is 0 Å². The van der Waals surface area contributed by atoms with Gasteiger partial charge in [0, 0.05) is 6.42 Å². The number of allylic oxidation sites excluding steroid dienone is 7. The van der Waals surface area contributed by atoms with Gasteiger partial charge in [-0.2, -0.15) is 0 Å². The lowest BCUT2D eigenvalue weighted by Crippen LogP contribution is -2.45. The van der Waals surface area contributed by atoms with Gasteiger partial charge in [0.05, 0.1) is 18.8 Å². The number of nitrogens with one attached hydrogen (secondary N) is 1. The van der Waals surface area contributed by atoms with Gasteiger partial charge in [0.1, 0.15) is 0 Å². The van der Waals surface area contributed by atoms with Crippen LogP contribution < -0.4 is 5.32 Å². The highest BCUT2D eigenvalue weighted by molar-refractivity contribution is 5.76. The molecule has 0 heterocycles. The van der Waals surface area contributed by atoms with Crippen LogP contribution in [0.3, 0.4) is 0 Å². The maximum atomic E-state index is 12.5. The Morgan fingerprint density at radius 1 is 0.381 bits per heavy atom. The minimum Gasteiger partial charge on any atom is -0.394 e. The molecule has 0 fully saturated rings. The van der Waals surface area contributed by atoms with Gasteiger partial charge in [-0.25, -0.2) is 0 Å². The average molecular weight is 883 g/mol. The molecule has 0 bridgehead atoms. The second-order valence-electron chi connectivity index (χ2n) is 19.4. The molecule has 0 aromatic carbocycles. The fourth-order valence-electron chi connectivity index (χ4n) is 8.72. The number of aliphatic hydroxyl groups excluding tert-OH is 2. The fraction of sp³-hybridized carbons (Fsp3) is 0.847. The molecular weight excluding hydrogens is 771 g/mol. The Labute approximate surface area is 394 Å². The van der Waals surface area contributed by atoms with E-state index in [1.165, 1.54) is 244 Å². The van der Waals surface area contributed by atoms with Crippen molar-refractivity contribution in [2.75, 3.05) is 6.61 Å². The van der Waals surface area contributed by atoms with Gasteiger partial charge in [-0.05, 0) is 57.8 Å². The van der Waals surface area contributed by atoms with Gasteiger partial charge in [-0.1, -0.05) is 287 Å². The molecule has 0 aromatic rings. The first-order valence-electron chi connectivity index (χ1n) is 28.4. The van der Waals surface area contributed by atoms with E-state index in [4.69, 9.17) is 0 Å². The van der Waals surface area contributed by atoms with Crippen LogP contribution >= 0.6 is 0 Å². The zero-order valence-corrected chi connectivity index (χ0v) is 42.6. The Hall–Kier alpha value is -1.65. The molecular formula is C59H111NO3. The number of carbonyl (C=O) groups excluding carboxylic acids is 1. The van der Waals surface area contributed by atoms with Crippen molar-refractivity contribution in [1.29, 1.82) is 0 Å². The maximum Gasteiger partial charge on any atom is 0.220 e. The molecule has 4 heteroatoms. The number of aliphatic hydroxyl groups is 2. The van der Waals surface area contributed by atoms with Crippen molar-refractivity contribution in [3.05, 3.63) is 48.6 Å². The number of unbranched alkanes of at least 4 members (excludes halogenated alkanes) is 39. The number of carbonyl (C=O) groups is 1. The molecule has 0 rings (SSSR count). The lowest BCUT2D eigenvalue weighted by Gasteiger charge is -2.20. The van der Waals surface area contributed by atoms with Crippen LogP contribution in [0, 0.1) is 0 Å². The van der Waals surface area contributed by atoms with Crippen molar-refractivity contribution in [2.24, 2.45) is 0 Å². The standard InChI is InChI=1S/C59H111NO3/c1-3-5-7-9-11-13-15-17-19-21-23-25-27-28-29-30-31-33-34-36-38-40-42-44-46-48-50-52-54-58(62)57(56-61)60-59(63)55-53-51-49-47-45-43-41-39-37-35-32-26-24-22-20-18-16-14-12-10-8-6-4-2/h16,18,22,24,32,35,52,54,57-58,61-62H,3-15,17,19-21,23,25-31,33-34,36-51,53,55-56H2,1-2H3,(H,60,63)/b18-16-,24-22-,35-32-,54-52+. The van der Waals surface area contributed by atoms with Crippen molar-refractivity contribution in [1.82, 2.24) is 5.32 Å². The predicted octanol–water partition coefficient (Wildman–Crippen LogP) is 18.6. The van der Waals surface area contributed by atoms with E-state index in [-0.39, 0.29) is 12.5 Å². The normalized spacial score (nSPS) is 13.1. The number of amides is 1. The van der Waals surface area contributed by atoms with Gasteiger partial charge in [-0.3, -0.25) is 4.79 Å². The van der Waals surface area contributed by atoms with Crippen LogP contribution in [0.25, 0.3) is 0 Å². The minimum absolute atomic E-state index is 0.0687. The molecule has 0 aliphatic heterocycles. The van der Waals surface area contributed by atoms with Crippen molar-refractivity contribution >= 4 is 5.91 Å². The van der Waals surface area contributed by atoms with Crippen LogP contribution in [0.1, 0.15) is 303 Å². The smallest absolute Gasteiger partial charge is 0.220 e. The summed E-state index contributed by atoms with van der Waals surface area (Å²) in [7, 11) is 0. The SMILES string of the molecule is CCCCCCC/C=C\C/C=C\C/C=C\CCCCCCCCCCC(=O)NC(CO)C(O)/C=C/CCCCCCCCCCCCCCCCCCCCCCCCCCCC. The summed E-state index contributed by atoms with van der Waals surface area (Å²) >= 11 is 0. The van der Waals surface area contributed by atoms with Gasteiger partial charge in [0.15, 0.2) is 0 Å².